The third kappa shape index (κ3) is 4.09. The number of carbonyl (C=O) groups is 3. The van der Waals surface area contributed by atoms with Crippen molar-refractivity contribution in [2.45, 2.75) is 6.18 Å². The van der Waals surface area contributed by atoms with Crippen molar-refractivity contribution in [3.8, 4) is 0 Å². The second-order valence-corrected chi connectivity index (χ2v) is 1.78. The summed E-state index contributed by atoms with van der Waals surface area (Å²) in [4.78, 5) is 29.6. The van der Waals surface area contributed by atoms with Gasteiger partial charge in [-0.15, -0.1) is 0 Å². The van der Waals surface area contributed by atoms with Crippen LogP contribution in [0, 0.1) is 0 Å². The summed E-state index contributed by atoms with van der Waals surface area (Å²) in [7, 11) is 0. The molecule has 0 atom stereocenters. The van der Waals surface area contributed by atoms with Crippen molar-refractivity contribution in [2.75, 3.05) is 6.61 Å². The highest BCUT2D eigenvalue weighted by molar-refractivity contribution is 6.32. The monoisotopic (exact) mass is 199 g/mol. The van der Waals surface area contributed by atoms with E-state index in [1.807, 2.05) is 0 Å². The first kappa shape index (κ1) is 11.4. The van der Waals surface area contributed by atoms with Gasteiger partial charge in [0.1, 0.15) is 5.97 Å². The van der Waals surface area contributed by atoms with Crippen LogP contribution in [0.15, 0.2) is 0 Å². The molecule has 8 heteroatoms. The number of ketones is 1. The van der Waals surface area contributed by atoms with Crippen molar-refractivity contribution < 1.29 is 37.4 Å². The molecule has 0 spiro atoms. The third-order valence-electron chi connectivity index (χ3n) is 0.793. The highest BCUT2D eigenvalue weighted by Gasteiger charge is 2.41. The lowest BCUT2D eigenvalue weighted by molar-refractivity contribution is -0.300. The molecule has 0 bridgehead atoms. The number of Topliss-reactive ketones (excluding diaryl/α,β-unsaturated/α-hetero) is 1. The maximum absolute atomic E-state index is 11.4. The van der Waals surface area contributed by atoms with Gasteiger partial charge in [0.2, 0.25) is 5.78 Å². The Bertz CT molecular complexity index is 243. The smallest absolute Gasteiger partial charge is 0.490 e. The molecule has 0 aliphatic carbocycles. The van der Waals surface area contributed by atoms with E-state index in [1.165, 1.54) is 0 Å². The van der Waals surface area contributed by atoms with Crippen LogP contribution in [0.3, 0.4) is 0 Å². The van der Waals surface area contributed by atoms with E-state index in [2.05, 4.69) is 4.74 Å². The molecule has 0 aromatic heterocycles. The van der Waals surface area contributed by atoms with Crippen LogP contribution in [-0.4, -0.2) is 30.5 Å². The summed E-state index contributed by atoms with van der Waals surface area (Å²) in [6.07, 6.45) is -5.24. The highest BCUT2D eigenvalue weighted by atomic mass is 19.4. The zero-order valence-corrected chi connectivity index (χ0v) is 5.88. The zero-order valence-electron chi connectivity index (χ0n) is 5.88. The lowest BCUT2D eigenvalue weighted by Crippen LogP contribution is -2.36. The van der Waals surface area contributed by atoms with Crippen LogP contribution in [0.1, 0.15) is 0 Å². The number of ether oxygens (including phenoxy) is 1. The Morgan fingerprint density at radius 1 is 1.23 bits per heavy atom. The summed E-state index contributed by atoms with van der Waals surface area (Å²) >= 11 is 0. The van der Waals surface area contributed by atoms with E-state index in [4.69, 9.17) is 0 Å². The third-order valence-corrected chi connectivity index (χ3v) is 0.793. The molecule has 0 aromatic rings. The summed E-state index contributed by atoms with van der Waals surface area (Å²) in [6.45, 7) is -1.49. The second-order valence-electron chi connectivity index (χ2n) is 1.78. The molecule has 0 aromatic carbocycles. The Labute approximate surface area is 69.1 Å². The standard InChI is InChI=1S/C5H3F3O5/c6-5(7,8)4(12)13-1-2(9)3(10)11/h1H2,(H,10,11)/p-1. The first-order valence-electron chi connectivity index (χ1n) is 2.73. The normalized spacial score (nSPS) is 10.7. The molecule has 0 aliphatic heterocycles. The van der Waals surface area contributed by atoms with Crippen LogP contribution in [0.2, 0.25) is 0 Å². The number of aliphatic carboxylic acids is 1. The van der Waals surface area contributed by atoms with E-state index >= 15 is 0 Å². The maximum Gasteiger partial charge on any atom is 0.490 e. The Kier molecular flexibility index (Phi) is 3.40. The molecule has 0 unspecified atom stereocenters. The molecule has 0 radical (unpaired) electrons. The van der Waals surface area contributed by atoms with Crippen molar-refractivity contribution in [3.63, 3.8) is 0 Å². The number of halogens is 3. The number of carbonyl (C=O) groups excluding carboxylic acids is 3. The Balaban J connectivity index is 3.99. The molecule has 0 saturated heterocycles. The summed E-state index contributed by atoms with van der Waals surface area (Å²) < 4.78 is 37.4. The van der Waals surface area contributed by atoms with Crippen LogP contribution >= 0.6 is 0 Å². The minimum atomic E-state index is -5.24. The lowest BCUT2D eigenvalue weighted by Gasteiger charge is -2.06. The van der Waals surface area contributed by atoms with Crippen LogP contribution < -0.4 is 5.11 Å². The summed E-state index contributed by atoms with van der Waals surface area (Å²) in [6, 6.07) is 0. The van der Waals surface area contributed by atoms with E-state index in [0.29, 0.717) is 0 Å². The fraction of sp³-hybridized carbons (Fsp3) is 0.400. The van der Waals surface area contributed by atoms with Crippen molar-refractivity contribution in [1.29, 1.82) is 0 Å². The largest absolute Gasteiger partial charge is 0.542 e. The van der Waals surface area contributed by atoms with Gasteiger partial charge in [-0.05, 0) is 0 Å². The number of hydrogen-bond acceptors (Lipinski definition) is 5. The van der Waals surface area contributed by atoms with Gasteiger partial charge in [-0.3, -0.25) is 4.79 Å². The molecule has 0 aliphatic rings. The van der Waals surface area contributed by atoms with Crippen LogP contribution in [0.25, 0.3) is 0 Å². The van der Waals surface area contributed by atoms with Crippen molar-refractivity contribution in [1.82, 2.24) is 0 Å². The number of alkyl halides is 3. The SMILES string of the molecule is O=C([O-])C(=O)COC(=O)C(F)(F)F. The molecule has 0 N–H and O–H groups in total. The number of carboxylic acid groups (broad SMARTS) is 1. The van der Waals surface area contributed by atoms with E-state index in [9.17, 15) is 32.7 Å². The molecule has 0 rings (SSSR count). The molecule has 13 heavy (non-hydrogen) atoms. The fourth-order valence-corrected chi connectivity index (χ4v) is 0.272. The molecule has 74 valence electrons. The molecule has 0 amide bonds. The van der Waals surface area contributed by atoms with Gasteiger partial charge in [0, 0.05) is 0 Å². The summed E-state index contributed by atoms with van der Waals surface area (Å²) in [5.74, 6) is -6.57. The van der Waals surface area contributed by atoms with Gasteiger partial charge < -0.3 is 14.6 Å². The predicted molar refractivity (Wildman–Crippen MR) is 27.0 cm³/mol. The summed E-state index contributed by atoms with van der Waals surface area (Å²) in [5, 5.41) is 9.63. The average molecular weight is 199 g/mol. The average Bonchev–Trinajstić information content (AvgIpc) is 1.97. The number of carboxylic acids is 1. The molecule has 0 heterocycles. The first-order valence-corrected chi connectivity index (χ1v) is 2.73. The fourth-order valence-electron chi connectivity index (χ4n) is 0.272. The van der Waals surface area contributed by atoms with Gasteiger partial charge in [-0.2, -0.15) is 13.2 Å². The maximum atomic E-state index is 11.4. The Morgan fingerprint density at radius 2 is 1.69 bits per heavy atom. The van der Waals surface area contributed by atoms with Crippen LogP contribution in [0.4, 0.5) is 13.2 Å². The van der Waals surface area contributed by atoms with Gasteiger partial charge in [-0.25, -0.2) is 4.79 Å². The molecular weight excluding hydrogens is 197 g/mol. The van der Waals surface area contributed by atoms with Gasteiger partial charge in [0.05, 0.1) is 0 Å². The predicted octanol–water partition coefficient (Wildman–Crippen LogP) is -1.59. The van der Waals surface area contributed by atoms with Crippen molar-refractivity contribution >= 4 is 17.7 Å². The lowest BCUT2D eigenvalue weighted by atomic mass is 10.4. The van der Waals surface area contributed by atoms with E-state index in [0.717, 1.165) is 0 Å². The van der Waals surface area contributed by atoms with Gasteiger partial charge in [-0.1, -0.05) is 0 Å². The molecular formula is C5H2F3O5-. The van der Waals surface area contributed by atoms with E-state index in [-0.39, 0.29) is 0 Å². The molecule has 0 saturated carbocycles. The van der Waals surface area contributed by atoms with Crippen LogP contribution in [-0.2, 0) is 19.1 Å². The minimum Gasteiger partial charge on any atom is -0.542 e. The topological polar surface area (TPSA) is 83.5 Å². The zero-order chi connectivity index (χ0) is 10.6. The number of esters is 1. The van der Waals surface area contributed by atoms with E-state index < -0.39 is 30.5 Å². The summed E-state index contributed by atoms with van der Waals surface area (Å²) in [5.41, 5.74) is 0. The van der Waals surface area contributed by atoms with Crippen LogP contribution in [0.5, 0.6) is 0 Å². The molecule has 0 fully saturated rings. The second kappa shape index (κ2) is 3.87. The molecule has 5 nitrogen and oxygen atoms in total. The number of rotatable bonds is 3. The van der Waals surface area contributed by atoms with Crippen molar-refractivity contribution in [2.24, 2.45) is 0 Å². The van der Waals surface area contributed by atoms with E-state index in [1.54, 1.807) is 0 Å². The Hall–Kier alpha value is -1.60. The minimum absolute atomic E-state index is 1.49. The van der Waals surface area contributed by atoms with Gasteiger partial charge in [0.15, 0.2) is 6.61 Å². The Morgan fingerprint density at radius 3 is 2.00 bits per heavy atom. The van der Waals surface area contributed by atoms with Gasteiger partial charge >= 0.3 is 12.1 Å². The quantitative estimate of drug-likeness (QED) is 0.404. The van der Waals surface area contributed by atoms with Gasteiger partial charge in [0.25, 0.3) is 0 Å². The number of hydrogen-bond donors (Lipinski definition) is 0. The highest BCUT2D eigenvalue weighted by Crippen LogP contribution is 2.16. The van der Waals surface area contributed by atoms with Crippen molar-refractivity contribution in [3.05, 3.63) is 0 Å². The first-order chi connectivity index (χ1) is 5.75.